The topological polar surface area (TPSA) is 29.0 Å². The zero-order valence-electron chi connectivity index (χ0n) is 7.25. The largest absolute Gasteiger partial charge is 1.00 e. The molecule has 0 radical (unpaired) electrons. The zero-order valence-corrected chi connectivity index (χ0v) is 10.2. The van der Waals surface area contributed by atoms with Crippen molar-refractivity contribution in [3.63, 3.8) is 0 Å². The molecule has 1 aromatic heterocycles. The van der Waals surface area contributed by atoms with E-state index in [0.717, 1.165) is 5.82 Å². The first-order valence-electron chi connectivity index (χ1n) is 3.43. The van der Waals surface area contributed by atoms with Gasteiger partial charge >= 0.3 is 0 Å². The molecule has 5 heteroatoms. The number of aliphatic hydroxyl groups is 1. The third-order valence-electron chi connectivity index (χ3n) is 1.70. The van der Waals surface area contributed by atoms with Crippen molar-refractivity contribution < 1.29 is 33.7 Å². The normalized spacial score (nSPS) is 12.4. The first-order valence-corrected chi connectivity index (χ1v) is 3.80. The van der Waals surface area contributed by atoms with Crippen LogP contribution >= 0.6 is 11.6 Å². The van der Waals surface area contributed by atoms with Crippen LogP contribution in [0.15, 0.2) is 6.20 Å². The van der Waals surface area contributed by atoms with E-state index in [1.54, 1.807) is 17.7 Å². The fourth-order valence-corrected chi connectivity index (χ4v) is 1.47. The zero-order chi connectivity index (χ0) is 8.59. The monoisotopic (exact) mass is 302 g/mol. The Balaban J connectivity index is 0.00000121. The molecule has 0 fully saturated rings. The summed E-state index contributed by atoms with van der Waals surface area (Å²) in [5.41, 5.74) is 0. The lowest BCUT2D eigenvalue weighted by Gasteiger charge is -1.99. The summed E-state index contributed by atoms with van der Waals surface area (Å²) in [6, 6.07) is 0. The third-order valence-corrected chi connectivity index (χ3v) is 2.05. The highest BCUT2D eigenvalue weighted by atomic mass is 127. The number of hydrogen-bond donors (Lipinski definition) is 1. The molecule has 0 aromatic carbocycles. The van der Waals surface area contributed by atoms with Crippen molar-refractivity contribution in [2.45, 2.75) is 13.0 Å². The van der Waals surface area contributed by atoms with Gasteiger partial charge in [-0.05, 0) is 18.5 Å². The van der Waals surface area contributed by atoms with E-state index in [9.17, 15) is 5.11 Å². The summed E-state index contributed by atoms with van der Waals surface area (Å²) in [5.74, 6) is 0.801. The van der Waals surface area contributed by atoms with Gasteiger partial charge in [-0.15, -0.1) is 0 Å². The summed E-state index contributed by atoms with van der Waals surface area (Å²) in [6.45, 7) is 1.71. The van der Waals surface area contributed by atoms with E-state index in [0.29, 0.717) is 5.15 Å². The summed E-state index contributed by atoms with van der Waals surface area (Å²) >= 11 is 5.81. The molecule has 0 amide bonds. The van der Waals surface area contributed by atoms with E-state index in [-0.39, 0.29) is 24.0 Å². The average molecular weight is 303 g/mol. The number of aliphatic hydroxyl groups excluding tert-OH is 1. The minimum Gasteiger partial charge on any atom is -1.00 e. The minimum absolute atomic E-state index is 0. The Morgan fingerprint density at radius 2 is 2.17 bits per heavy atom. The molecule has 1 N–H and O–H groups in total. The molecule has 0 bridgehead atoms. The van der Waals surface area contributed by atoms with Crippen LogP contribution in [0.1, 0.15) is 18.9 Å². The second kappa shape index (κ2) is 4.43. The van der Waals surface area contributed by atoms with E-state index in [4.69, 9.17) is 11.6 Å². The highest BCUT2D eigenvalue weighted by Crippen LogP contribution is 2.12. The lowest BCUT2D eigenvalue weighted by molar-refractivity contribution is -0.682. The highest BCUT2D eigenvalue weighted by molar-refractivity contribution is 6.29. The van der Waals surface area contributed by atoms with Crippen LogP contribution in [-0.2, 0) is 14.1 Å². The lowest BCUT2D eigenvalue weighted by Crippen LogP contribution is -3.00. The summed E-state index contributed by atoms with van der Waals surface area (Å²) in [7, 11) is 3.68. The maximum absolute atomic E-state index is 9.30. The molecule has 1 atom stereocenters. The molecule has 12 heavy (non-hydrogen) atoms. The van der Waals surface area contributed by atoms with Gasteiger partial charge in [-0.2, -0.15) is 0 Å². The number of hydrogen-bond acceptors (Lipinski definition) is 1. The van der Waals surface area contributed by atoms with Crippen molar-refractivity contribution in [1.82, 2.24) is 4.57 Å². The van der Waals surface area contributed by atoms with Gasteiger partial charge < -0.3 is 29.1 Å². The van der Waals surface area contributed by atoms with Crippen molar-refractivity contribution in [1.29, 1.82) is 0 Å². The summed E-state index contributed by atoms with van der Waals surface area (Å²) in [6.07, 6.45) is 1.28. The smallest absolute Gasteiger partial charge is 0.286 e. The summed E-state index contributed by atoms with van der Waals surface area (Å²) in [4.78, 5) is 0. The van der Waals surface area contributed by atoms with Crippen LogP contribution in [0.5, 0.6) is 0 Å². The Bertz CT molecular complexity index is 273. The molecule has 0 saturated carbocycles. The predicted molar refractivity (Wildman–Crippen MR) is 42.2 cm³/mol. The molecule has 70 valence electrons. The summed E-state index contributed by atoms with van der Waals surface area (Å²) < 4.78 is 3.57. The number of imidazole rings is 1. The maximum atomic E-state index is 9.30. The second-order valence-corrected chi connectivity index (χ2v) is 3.04. The maximum Gasteiger partial charge on any atom is 0.286 e. The molecule has 1 rings (SSSR count). The molecule has 0 aliphatic carbocycles. The molecule has 1 heterocycles. The van der Waals surface area contributed by atoms with Gasteiger partial charge in [0.15, 0.2) is 6.10 Å². The van der Waals surface area contributed by atoms with Gasteiger partial charge in [0.05, 0.1) is 14.1 Å². The Morgan fingerprint density at radius 1 is 1.67 bits per heavy atom. The predicted octanol–water partition coefficient (Wildman–Crippen LogP) is -2.44. The van der Waals surface area contributed by atoms with Gasteiger partial charge in [-0.3, -0.25) is 0 Å². The van der Waals surface area contributed by atoms with Crippen molar-refractivity contribution in [2.24, 2.45) is 14.1 Å². The first kappa shape index (κ1) is 12.2. The van der Waals surface area contributed by atoms with Crippen LogP contribution in [0, 0.1) is 0 Å². The van der Waals surface area contributed by atoms with Crippen LogP contribution in [0.25, 0.3) is 0 Å². The standard InChI is InChI=1S/C7H12ClN2O.HI/c1-5(11)7-9(2)4-6(8)10(7)3;/h4-5,11H,1-3H3;1H/q+1;/p-1. The van der Waals surface area contributed by atoms with Crippen LogP contribution in [-0.4, -0.2) is 9.67 Å². The SMILES string of the molecule is CC(O)c1n(C)c(Cl)c[n+]1C.[I-]. The molecule has 1 unspecified atom stereocenters. The minimum atomic E-state index is -0.488. The van der Waals surface area contributed by atoms with E-state index in [2.05, 4.69) is 0 Å². The molecular weight excluding hydrogens is 290 g/mol. The Morgan fingerprint density at radius 3 is 2.33 bits per heavy atom. The van der Waals surface area contributed by atoms with Gasteiger partial charge in [0, 0.05) is 0 Å². The van der Waals surface area contributed by atoms with Crippen LogP contribution < -0.4 is 28.5 Å². The number of aromatic nitrogens is 2. The fourth-order valence-electron chi connectivity index (χ4n) is 1.23. The van der Waals surface area contributed by atoms with Gasteiger partial charge in [-0.1, -0.05) is 0 Å². The van der Waals surface area contributed by atoms with Crippen LogP contribution in [0.4, 0.5) is 0 Å². The van der Waals surface area contributed by atoms with E-state index >= 15 is 0 Å². The molecule has 1 aromatic rings. The number of halogens is 2. The van der Waals surface area contributed by atoms with Crippen LogP contribution in [0.2, 0.25) is 5.15 Å². The first-order chi connectivity index (χ1) is 5.04. The van der Waals surface area contributed by atoms with Crippen molar-refractivity contribution in [3.05, 3.63) is 17.2 Å². The van der Waals surface area contributed by atoms with Gasteiger partial charge in [0.1, 0.15) is 6.20 Å². The molecule has 0 aliphatic rings. The van der Waals surface area contributed by atoms with Crippen molar-refractivity contribution >= 4 is 11.6 Å². The van der Waals surface area contributed by atoms with Crippen molar-refractivity contribution in [2.75, 3.05) is 0 Å². The molecule has 0 aliphatic heterocycles. The van der Waals surface area contributed by atoms with Crippen molar-refractivity contribution in [3.8, 4) is 0 Å². The van der Waals surface area contributed by atoms with Gasteiger partial charge in [0.2, 0.25) is 5.15 Å². The third kappa shape index (κ3) is 2.11. The number of nitrogens with zero attached hydrogens (tertiary/aromatic N) is 2. The van der Waals surface area contributed by atoms with Gasteiger partial charge in [-0.25, -0.2) is 9.13 Å². The Kier molecular flexibility index (Phi) is 4.50. The summed E-state index contributed by atoms with van der Waals surface area (Å²) in [5, 5.41) is 9.93. The van der Waals surface area contributed by atoms with E-state index < -0.39 is 6.10 Å². The fraction of sp³-hybridized carbons (Fsp3) is 0.571. The van der Waals surface area contributed by atoms with Gasteiger partial charge in [0.25, 0.3) is 5.82 Å². The lowest BCUT2D eigenvalue weighted by atomic mass is 10.4. The Labute approximate surface area is 94.0 Å². The molecule has 3 nitrogen and oxygen atoms in total. The molecule has 0 saturated heterocycles. The highest BCUT2D eigenvalue weighted by Gasteiger charge is 2.20. The second-order valence-electron chi connectivity index (χ2n) is 2.66. The average Bonchev–Trinajstić information content (AvgIpc) is 2.07. The molecular formula is C7H12ClIN2O. The van der Waals surface area contributed by atoms with Crippen LogP contribution in [0.3, 0.4) is 0 Å². The van der Waals surface area contributed by atoms with E-state index in [1.165, 1.54) is 0 Å². The quantitative estimate of drug-likeness (QED) is 0.453. The molecule has 0 spiro atoms. The number of aryl methyl sites for hydroxylation is 1. The Hall–Kier alpha value is 0.190. The number of rotatable bonds is 1. The van der Waals surface area contributed by atoms with E-state index in [1.807, 2.05) is 18.7 Å².